The molecule has 0 aliphatic heterocycles. The van der Waals surface area contributed by atoms with Crippen LogP contribution in [0.1, 0.15) is 0 Å². The molecule has 1 aromatic heterocycles. The quantitative estimate of drug-likeness (QED) is 0.598. The second-order valence-electron chi connectivity index (χ2n) is 3.87. The first-order valence-corrected chi connectivity index (χ1v) is 5.64. The van der Waals surface area contributed by atoms with Gasteiger partial charge >= 0.3 is 0 Å². The highest BCUT2D eigenvalue weighted by atomic mass is 35.5. The summed E-state index contributed by atoms with van der Waals surface area (Å²) in [6, 6.07) is 14.5. The maximum Gasteiger partial charge on any atom is 0.126 e. The summed E-state index contributed by atoms with van der Waals surface area (Å²) >= 11 is 5.86. The molecule has 84 valence electrons. The molecule has 0 atom stereocenters. The molecule has 1 heterocycles. The minimum Gasteiger partial charge on any atom is -0.316 e. The van der Waals surface area contributed by atoms with Crippen molar-refractivity contribution in [3.05, 3.63) is 65.6 Å². The maximum atomic E-state index is 13.3. The molecule has 3 rings (SSSR count). The lowest BCUT2D eigenvalue weighted by molar-refractivity contribution is 0.627. The Bertz CT molecular complexity index is 667. The van der Waals surface area contributed by atoms with Crippen LogP contribution in [0.15, 0.2) is 54.7 Å². The number of para-hydroxylation sites is 1. The lowest BCUT2D eigenvalue weighted by Gasteiger charge is -2.06. The predicted molar refractivity (Wildman–Crippen MR) is 68.2 cm³/mol. The van der Waals surface area contributed by atoms with E-state index in [9.17, 15) is 4.39 Å². The summed E-state index contributed by atoms with van der Waals surface area (Å²) in [5.41, 5.74) is 1.77. The summed E-state index contributed by atoms with van der Waals surface area (Å²) < 4.78 is 15.2. The number of fused-ring (bicyclic) bond motifs is 1. The van der Waals surface area contributed by atoms with Gasteiger partial charge in [-0.15, -0.1) is 0 Å². The molecule has 0 fully saturated rings. The first-order chi connectivity index (χ1) is 8.24. The van der Waals surface area contributed by atoms with Crippen molar-refractivity contribution >= 4 is 22.5 Å². The SMILES string of the molecule is Fc1cc(Cl)cc(-n2ccc3ccccc32)c1. The number of nitrogens with zero attached hydrogens (tertiary/aromatic N) is 1. The standard InChI is InChI=1S/C14H9ClFN/c15-11-7-12(16)9-13(8-11)17-6-5-10-3-1-2-4-14(10)17/h1-9H. The van der Waals surface area contributed by atoms with E-state index in [0.29, 0.717) is 5.02 Å². The summed E-state index contributed by atoms with van der Waals surface area (Å²) in [4.78, 5) is 0. The van der Waals surface area contributed by atoms with Gasteiger partial charge in [-0.1, -0.05) is 29.8 Å². The molecule has 0 amide bonds. The van der Waals surface area contributed by atoms with Crippen LogP contribution in [0, 0.1) is 5.82 Å². The lowest BCUT2D eigenvalue weighted by Crippen LogP contribution is -1.92. The van der Waals surface area contributed by atoms with Crippen molar-refractivity contribution in [1.29, 1.82) is 0 Å². The monoisotopic (exact) mass is 245 g/mol. The molecular weight excluding hydrogens is 237 g/mol. The van der Waals surface area contributed by atoms with Crippen LogP contribution < -0.4 is 0 Å². The van der Waals surface area contributed by atoms with Crippen LogP contribution in [0.2, 0.25) is 5.02 Å². The zero-order valence-corrected chi connectivity index (χ0v) is 9.66. The molecule has 1 nitrogen and oxygen atoms in total. The van der Waals surface area contributed by atoms with E-state index in [1.807, 2.05) is 41.1 Å². The van der Waals surface area contributed by atoms with Gasteiger partial charge in [0.05, 0.1) is 5.52 Å². The Balaban J connectivity index is 2.27. The van der Waals surface area contributed by atoms with E-state index in [2.05, 4.69) is 0 Å². The first-order valence-electron chi connectivity index (χ1n) is 5.26. The molecule has 0 bridgehead atoms. The van der Waals surface area contributed by atoms with E-state index in [0.717, 1.165) is 16.6 Å². The molecule has 0 N–H and O–H groups in total. The van der Waals surface area contributed by atoms with Crippen LogP contribution in [0.25, 0.3) is 16.6 Å². The van der Waals surface area contributed by atoms with E-state index in [1.54, 1.807) is 6.07 Å². The van der Waals surface area contributed by atoms with Gasteiger partial charge in [-0.05, 0) is 35.7 Å². The molecule has 0 aliphatic rings. The average molecular weight is 246 g/mol. The lowest BCUT2D eigenvalue weighted by atomic mass is 10.2. The Morgan fingerprint density at radius 1 is 1.00 bits per heavy atom. The van der Waals surface area contributed by atoms with Gasteiger partial charge < -0.3 is 4.57 Å². The summed E-state index contributed by atoms with van der Waals surface area (Å²) in [7, 11) is 0. The molecule has 0 saturated heterocycles. The molecule has 0 spiro atoms. The van der Waals surface area contributed by atoms with Gasteiger partial charge in [0.15, 0.2) is 0 Å². The van der Waals surface area contributed by atoms with Crippen molar-refractivity contribution in [2.24, 2.45) is 0 Å². The molecule has 17 heavy (non-hydrogen) atoms. The number of hydrogen-bond donors (Lipinski definition) is 0. The molecule has 0 aliphatic carbocycles. The minimum atomic E-state index is -0.328. The van der Waals surface area contributed by atoms with E-state index >= 15 is 0 Å². The maximum absolute atomic E-state index is 13.3. The highest BCUT2D eigenvalue weighted by molar-refractivity contribution is 6.30. The molecule has 3 heteroatoms. The second kappa shape index (κ2) is 3.90. The van der Waals surface area contributed by atoms with Crippen LogP contribution in [0.5, 0.6) is 0 Å². The first kappa shape index (κ1) is 10.4. The number of rotatable bonds is 1. The van der Waals surface area contributed by atoms with Gasteiger partial charge in [0.25, 0.3) is 0 Å². The number of aromatic nitrogens is 1. The van der Waals surface area contributed by atoms with Gasteiger partial charge in [0.2, 0.25) is 0 Å². The normalized spacial score (nSPS) is 10.9. The smallest absolute Gasteiger partial charge is 0.126 e. The Morgan fingerprint density at radius 2 is 1.82 bits per heavy atom. The van der Waals surface area contributed by atoms with Crippen molar-refractivity contribution in [2.45, 2.75) is 0 Å². The third kappa shape index (κ3) is 1.81. The van der Waals surface area contributed by atoms with Crippen LogP contribution in [0.4, 0.5) is 4.39 Å². The van der Waals surface area contributed by atoms with Crippen molar-refractivity contribution in [2.75, 3.05) is 0 Å². The van der Waals surface area contributed by atoms with E-state index in [1.165, 1.54) is 12.1 Å². The molecule has 0 saturated carbocycles. The molecule has 2 aromatic carbocycles. The Kier molecular flexibility index (Phi) is 2.37. The summed E-state index contributed by atoms with van der Waals surface area (Å²) in [6.07, 6.45) is 1.91. The fourth-order valence-electron chi connectivity index (χ4n) is 1.99. The molecular formula is C14H9ClFN. The third-order valence-electron chi connectivity index (χ3n) is 2.72. The van der Waals surface area contributed by atoms with Crippen molar-refractivity contribution in [1.82, 2.24) is 4.57 Å². The topological polar surface area (TPSA) is 4.93 Å². The minimum absolute atomic E-state index is 0.328. The molecule has 0 unspecified atom stereocenters. The largest absolute Gasteiger partial charge is 0.316 e. The van der Waals surface area contributed by atoms with Crippen molar-refractivity contribution < 1.29 is 4.39 Å². The Hall–Kier alpha value is -1.80. The fourth-order valence-corrected chi connectivity index (χ4v) is 2.20. The second-order valence-corrected chi connectivity index (χ2v) is 4.31. The summed E-state index contributed by atoms with van der Waals surface area (Å²) in [6.45, 7) is 0. The van der Waals surface area contributed by atoms with Crippen LogP contribution in [-0.4, -0.2) is 4.57 Å². The van der Waals surface area contributed by atoms with E-state index in [4.69, 9.17) is 11.6 Å². The van der Waals surface area contributed by atoms with E-state index < -0.39 is 0 Å². The predicted octanol–water partition coefficient (Wildman–Crippen LogP) is 4.42. The van der Waals surface area contributed by atoms with Gasteiger partial charge in [0.1, 0.15) is 5.82 Å². The van der Waals surface area contributed by atoms with E-state index in [-0.39, 0.29) is 5.82 Å². The number of hydrogen-bond acceptors (Lipinski definition) is 0. The summed E-state index contributed by atoms with van der Waals surface area (Å²) in [5.74, 6) is -0.328. The van der Waals surface area contributed by atoms with Crippen molar-refractivity contribution in [3.8, 4) is 5.69 Å². The Morgan fingerprint density at radius 3 is 2.65 bits per heavy atom. The zero-order chi connectivity index (χ0) is 11.8. The van der Waals surface area contributed by atoms with Crippen LogP contribution in [0.3, 0.4) is 0 Å². The Labute approximate surface area is 103 Å². The highest BCUT2D eigenvalue weighted by Gasteiger charge is 2.04. The molecule has 3 aromatic rings. The molecule has 0 radical (unpaired) electrons. The third-order valence-corrected chi connectivity index (χ3v) is 2.94. The number of benzene rings is 2. The summed E-state index contributed by atoms with van der Waals surface area (Å²) in [5, 5.41) is 1.52. The van der Waals surface area contributed by atoms with Gasteiger partial charge in [0, 0.05) is 16.9 Å². The van der Waals surface area contributed by atoms with Gasteiger partial charge in [-0.25, -0.2) is 4.39 Å². The number of halogens is 2. The zero-order valence-electron chi connectivity index (χ0n) is 8.90. The average Bonchev–Trinajstić information content (AvgIpc) is 2.71. The fraction of sp³-hybridized carbons (Fsp3) is 0. The van der Waals surface area contributed by atoms with Crippen molar-refractivity contribution in [3.63, 3.8) is 0 Å². The van der Waals surface area contributed by atoms with Crippen LogP contribution >= 0.6 is 11.6 Å². The van der Waals surface area contributed by atoms with Crippen LogP contribution in [-0.2, 0) is 0 Å². The van der Waals surface area contributed by atoms with Gasteiger partial charge in [-0.3, -0.25) is 0 Å². The highest BCUT2D eigenvalue weighted by Crippen LogP contribution is 2.23. The van der Waals surface area contributed by atoms with Gasteiger partial charge in [-0.2, -0.15) is 0 Å².